The van der Waals surface area contributed by atoms with Gasteiger partial charge < -0.3 is 14.1 Å². The van der Waals surface area contributed by atoms with Gasteiger partial charge in [-0.25, -0.2) is 13.6 Å². The summed E-state index contributed by atoms with van der Waals surface area (Å²) in [7, 11) is 0. The van der Waals surface area contributed by atoms with Crippen molar-refractivity contribution in [2.45, 2.75) is 32.2 Å². The van der Waals surface area contributed by atoms with E-state index in [0.717, 1.165) is 48.3 Å². The van der Waals surface area contributed by atoms with Gasteiger partial charge in [0.05, 0.1) is 17.8 Å². The molecule has 2 aliphatic rings. The van der Waals surface area contributed by atoms with E-state index in [-0.39, 0.29) is 18.0 Å². The van der Waals surface area contributed by atoms with E-state index in [9.17, 15) is 13.6 Å². The third-order valence-electron chi connectivity index (χ3n) is 5.43. The van der Waals surface area contributed by atoms with E-state index in [2.05, 4.69) is 0 Å². The summed E-state index contributed by atoms with van der Waals surface area (Å²) in [5, 5.41) is 0.924. The summed E-state index contributed by atoms with van der Waals surface area (Å²) in [4.78, 5) is 14.1. The van der Waals surface area contributed by atoms with Gasteiger partial charge in [-0.3, -0.25) is 0 Å². The monoisotopic (exact) mass is 369 g/mol. The lowest BCUT2D eigenvalue weighted by Gasteiger charge is -2.31. The molecular weight excluding hydrogens is 352 g/mol. The second-order valence-corrected chi connectivity index (χ2v) is 7.04. The van der Waals surface area contributed by atoms with Crippen LogP contribution in [0.15, 0.2) is 39.5 Å². The molecule has 138 valence electrons. The second kappa shape index (κ2) is 6.08. The Kier molecular flexibility index (Phi) is 3.67. The number of ether oxygens (including phenoxy) is 1. The molecule has 6 heteroatoms. The quantitative estimate of drug-likeness (QED) is 0.600. The van der Waals surface area contributed by atoms with Crippen molar-refractivity contribution in [1.29, 1.82) is 0 Å². The van der Waals surface area contributed by atoms with Crippen molar-refractivity contribution in [1.82, 2.24) is 0 Å². The van der Waals surface area contributed by atoms with E-state index in [4.69, 9.17) is 9.15 Å². The minimum absolute atomic E-state index is 0.135. The Morgan fingerprint density at radius 3 is 2.59 bits per heavy atom. The Hall–Kier alpha value is -2.89. The molecule has 0 fully saturated rings. The average molecular weight is 369 g/mol. The van der Waals surface area contributed by atoms with Crippen LogP contribution < -0.4 is 15.3 Å². The molecule has 0 saturated carbocycles. The number of anilines is 1. The Labute approximate surface area is 154 Å². The van der Waals surface area contributed by atoms with Crippen LogP contribution in [0.3, 0.4) is 0 Å². The molecule has 5 rings (SSSR count). The van der Waals surface area contributed by atoms with Crippen LogP contribution in [0.4, 0.5) is 14.5 Å². The normalized spacial score (nSPS) is 16.0. The molecule has 0 radical (unpaired) electrons. The average Bonchev–Trinajstić information content (AvgIpc) is 2.68. The Morgan fingerprint density at radius 2 is 1.78 bits per heavy atom. The van der Waals surface area contributed by atoms with Crippen LogP contribution in [0.5, 0.6) is 5.75 Å². The number of nitrogens with zero attached hydrogens (tertiary/aromatic N) is 1. The molecule has 27 heavy (non-hydrogen) atoms. The highest BCUT2D eigenvalue weighted by atomic mass is 19.1. The van der Waals surface area contributed by atoms with Gasteiger partial charge in [0.1, 0.15) is 23.0 Å². The van der Waals surface area contributed by atoms with Crippen LogP contribution in [0.1, 0.15) is 29.5 Å². The van der Waals surface area contributed by atoms with Gasteiger partial charge in [0.15, 0.2) is 6.73 Å². The van der Waals surface area contributed by atoms with Gasteiger partial charge in [-0.2, -0.15) is 0 Å². The fraction of sp³-hybridized carbons (Fsp3) is 0.286. The first-order valence-electron chi connectivity index (χ1n) is 9.05. The van der Waals surface area contributed by atoms with Gasteiger partial charge in [-0.1, -0.05) is 0 Å². The second-order valence-electron chi connectivity index (χ2n) is 7.04. The number of fused-ring (bicyclic) bond motifs is 5. The predicted octanol–water partition coefficient (Wildman–Crippen LogP) is 4.31. The molecule has 0 amide bonds. The highest BCUT2D eigenvalue weighted by molar-refractivity contribution is 5.86. The molecule has 0 unspecified atom stereocenters. The van der Waals surface area contributed by atoms with Gasteiger partial charge >= 0.3 is 5.63 Å². The van der Waals surface area contributed by atoms with E-state index in [0.29, 0.717) is 23.4 Å². The highest BCUT2D eigenvalue weighted by Crippen LogP contribution is 2.37. The molecular formula is C21H17F2NO3. The SMILES string of the molecule is O=c1oc2c3c(ccc2c2c1CCCC2)OCN(c1ccc(F)cc1F)C3. The molecule has 1 aliphatic carbocycles. The number of hydrogen-bond acceptors (Lipinski definition) is 4. The molecule has 2 heterocycles. The van der Waals surface area contributed by atoms with Crippen LogP contribution in [0.2, 0.25) is 0 Å². The van der Waals surface area contributed by atoms with Gasteiger partial charge in [-0.15, -0.1) is 0 Å². The number of hydrogen-bond donors (Lipinski definition) is 0. The van der Waals surface area contributed by atoms with Gasteiger partial charge in [0.25, 0.3) is 0 Å². The minimum Gasteiger partial charge on any atom is -0.473 e. The van der Waals surface area contributed by atoms with Crippen molar-refractivity contribution in [2.24, 2.45) is 0 Å². The standard InChI is InChI=1S/C21H17F2NO3/c22-12-5-7-18(17(23)9-12)24-10-16-19(26-11-24)8-6-14-13-3-1-2-4-15(13)21(25)27-20(14)16/h5-9H,1-4,10-11H2. The third kappa shape index (κ3) is 2.59. The van der Waals surface area contributed by atoms with Crippen molar-refractivity contribution in [3.63, 3.8) is 0 Å². The van der Waals surface area contributed by atoms with Crippen molar-refractivity contribution in [2.75, 3.05) is 11.6 Å². The molecule has 0 atom stereocenters. The van der Waals surface area contributed by atoms with E-state index < -0.39 is 11.6 Å². The smallest absolute Gasteiger partial charge is 0.339 e. The lowest BCUT2D eigenvalue weighted by Crippen LogP contribution is -2.33. The maximum absolute atomic E-state index is 14.2. The zero-order valence-corrected chi connectivity index (χ0v) is 14.6. The Balaban J connectivity index is 1.65. The predicted molar refractivity (Wildman–Crippen MR) is 97.2 cm³/mol. The van der Waals surface area contributed by atoms with Crippen LogP contribution in [0.25, 0.3) is 11.0 Å². The number of rotatable bonds is 1. The minimum atomic E-state index is -0.652. The van der Waals surface area contributed by atoms with E-state index in [1.54, 1.807) is 4.90 Å². The van der Waals surface area contributed by atoms with Crippen molar-refractivity contribution >= 4 is 16.7 Å². The van der Waals surface area contributed by atoms with E-state index >= 15 is 0 Å². The van der Waals surface area contributed by atoms with Gasteiger partial charge in [-0.05, 0) is 55.5 Å². The maximum Gasteiger partial charge on any atom is 0.339 e. The van der Waals surface area contributed by atoms with Crippen LogP contribution in [-0.2, 0) is 19.4 Å². The lowest BCUT2D eigenvalue weighted by atomic mass is 9.90. The fourth-order valence-corrected chi connectivity index (χ4v) is 4.11. The van der Waals surface area contributed by atoms with Crippen molar-refractivity contribution in [3.05, 3.63) is 69.1 Å². The van der Waals surface area contributed by atoms with Crippen LogP contribution in [-0.4, -0.2) is 6.73 Å². The molecule has 0 saturated heterocycles. The van der Waals surface area contributed by atoms with E-state index in [1.807, 2.05) is 12.1 Å². The van der Waals surface area contributed by atoms with Crippen LogP contribution >= 0.6 is 0 Å². The van der Waals surface area contributed by atoms with E-state index in [1.165, 1.54) is 12.1 Å². The van der Waals surface area contributed by atoms with Gasteiger partial charge in [0, 0.05) is 17.0 Å². The first-order valence-corrected chi connectivity index (χ1v) is 9.05. The summed E-state index contributed by atoms with van der Waals surface area (Å²) >= 11 is 0. The zero-order chi connectivity index (χ0) is 18.5. The first-order chi connectivity index (χ1) is 13.1. The summed E-state index contributed by atoms with van der Waals surface area (Å²) in [6, 6.07) is 7.28. The molecule has 0 bridgehead atoms. The largest absolute Gasteiger partial charge is 0.473 e. The van der Waals surface area contributed by atoms with Gasteiger partial charge in [0.2, 0.25) is 0 Å². The Bertz CT molecular complexity index is 1120. The molecule has 4 nitrogen and oxygen atoms in total. The highest BCUT2D eigenvalue weighted by Gasteiger charge is 2.26. The number of benzene rings is 2. The van der Waals surface area contributed by atoms with Crippen LogP contribution in [0, 0.1) is 11.6 Å². The topological polar surface area (TPSA) is 42.7 Å². The molecule has 0 N–H and O–H groups in total. The zero-order valence-electron chi connectivity index (χ0n) is 14.6. The number of aryl methyl sites for hydroxylation is 1. The maximum atomic E-state index is 14.2. The first kappa shape index (κ1) is 16.3. The number of halogens is 2. The molecule has 2 aromatic carbocycles. The molecule has 1 aliphatic heterocycles. The van der Waals surface area contributed by atoms with Crippen molar-refractivity contribution < 1.29 is 17.9 Å². The summed E-state index contributed by atoms with van der Waals surface area (Å²) in [6.07, 6.45) is 3.64. The summed E-state index contributed by atoms with van der Waals surface area (Å²) < 4.78 is 38.9. The Morgan fingerprint density at radius 1 is 0.963 bits per heavy atom. The third-order valence-corrected chi connectivity index (χ3v) is 5.43. The summed E-state index contributed by atoms with van der Waals surface area (Å²) in [6.45, 7) is 0.452. The summed E-state index contributed by atoms with van der Waals surface area (Å²) in [5.74, 6) is -0.654. The fourth-order valence-electron chi connectivity index (χ4n) is 4.11. The molecule has 3 aromatic rings. The molecule has 1 aromatic heterocycles. The molecule has 0 spiro atoms. The van der Waals surface area contributed by atoms with Crippen molar-refractivity contribution in [3.8, 4) is 5.75 Å². The summed E-state index contributed by atoms with van der Waals surface area (Å²) in [5.41, 5.74) is 3.00. The lowest BCUT2D eigenvalue weighted by molar-refractivity contribution is 0.287.